The van der Waals surface area contributed by atoms with Crippen molar-refractivity contribution >= 4 is 11.9 Å². The van der Waals surface area contributed by atoms with Crippen molar-refractivity contribution in [3.05, 3.63) is 0 Å². The van der Waals surface area contributed by atoms with Crippen molar-refractivity contribution < 1.29 is 31.9 Å². The van der Waals surface area contributed by atoms with E-state index in [0.29, 0.717) is 0 Å². The van der Waals surface area contributed by atoms with E-state index >= 15 is 0 Å². The van der Waals surface area contributed by atoms with Crippen molar-refractivity contribution in [2.45, 2.75) is 11.8 Å². The normalized spacial score (nSPS) is 19.7. The first-order chi connectivity index (χ1) is 6.26. The third-order valence-corrected chi connectivity index (χ3v) is 1.59. The molecule has 1 aliphatic heterocycles. The van der Waals surface area contributed by atoms with Crippen LogP contribution in [0, 0.1) is 0 Å². The van der Waals surface area contributed by atoms with E-state index in [0.717, 1.165) is 0 Å². The van der Waals surface area contributed by atoms with Gasteiger partial charge in [-0.05, 0) is 0 Å². The van der Waals surface area contributed by atoms with Gasteiger partial charge in [-0.3, -0.25) is 0 Å². The second kappa shape index (κ2) is 3.19. The van der Waals surface area contributed by atoms with E-state index in [4.69, 9.17) is 0 Å². The minimum absolute atomic E-state index is 0.447. The van der Waals surface area contributed by atoms with Crippen molar-refractivity contribution in [2.24, 2.45) is 0 Å². The van der Waals surface area contributed by atoms with Crippen LogP contribution in [-0.2, 0) is 14.3 Å². The van der Waals surface area contributed by atoms with Gasteiger partial charge >= 0.3 is 18.1 Å². The van der Waals surface area contributed by atoms with E-state index < -0.39 is 36.9 Å². The Balaban J connectivity index is 2.53. The molecule has 80 valence electrons. The Bertz CT molecular complexity index is 271. The predicted octanol–water partition coefficient (Wildman–Crippen LogP) is -0.0700. The van der Waals surface area contributed by atoms with Gasteiger partial charge in [0, 0.05) is 13.1 Å². The summed E-state index contributed by atoms with van der Waals surface area (Å²) in [4.78, 5) is 20.8. The molecule has 0 amide bonds. The Morgan fingerprint density at radius 2 is 1.79 bits per heavy atom. The van der Waals surface area contributed by atoms with E-state index in [1.807, 2.05) is 0 Å². The molecule has 0 radical (unpaired) electrons. The molecule has 0 spiro atoms. The summed E-state index contributed by atoms with van der Waals surface area (Å²) < 4.78 is 51.0. The molecular weight excluding hydrogens is 210 g/mol. The standard InChI is InChI=1S/C6H5F4NO3/c7-5(1-11-2-5)3(12)14-4(13)6(8,9)10/h11H,1-2H2. The zero-order chi connectivity index (χ0) is 11.0. The van der Waals surface area contributed by atoms with Crippen LogP contribution in [0.4, 0.5) is 17.6 Å². The van der Waals surface area contributed by atoms with Gasteiger partial charge in [-0.25, -0.2) is 14.0 Å². The van der Waals surface area contributed by atoms with Gasteiger partial charge in [0.2, 0.25) is 5.67 Å². The summed E-state index contributed by atoms with van der Waals surface area (Å²) in [5.41, 5.74) is -2.51. The van der Waals surface area contributed by atoms with Crippen LogP contribution in [0.25, 0.3) is 0 Å². The molecule has 0 aromatic rings. The smallest absolute Gasteiger partial charge is 0.384 e. The van der Waals surface area contributed by atoms with Crippen LogP contribution in [-0.4, -0.2) is 36.9 Å². The number of ether oxygens (including phenoxy) is 1. The van der Waals surface area contributed by atoms with Gasteiger partial charge in [-0.1, -0.05) is 0 Å². The molecule has 1 N–H and O–H groups in total. The van der Waals surface area contributed by atoms with Crippen LogP contribution in [0.3, 0.4) is 0 Å². The fraction of sp³-hybridized carbons (Fsp3) is 0.667. The Labute approximate surface area is 75.2 Å². The summed E-state index contributed by atoms with van der Waals surface area (Å²) in [6.07, 6.45) is -5.29. The van der Waals surface area contributed by atoms with Gasteiger partial charge in [-0.2, -0.15) is 13.2 Å². The molecule has 0 aromatic heterocycles. The van der Waals surface area contributed by atoms with E-state index in [2.05, 4.69) is 10.1 Å². The van der Waals surface area contributed by atoms with Crippen molar-refractivity contribution in [3.8, 4) is 0 Å². The Morgan fingerprint density at radius 1 is 1.29 bits per heavy atom. The third-order valence-electron chi connectivity index (χ3n) is 1.59. The first kappa shape index (κ1) is 10.9. The summed E-state index contributed by atoms with van der Waals surface area (Å²) in [6.45, 7) is -0.895. The highest BCUT2D eigenvalue weighted by molar-refractivity contribution is 5.93. The second-order valence-corrected chi connectivity index (χ2v) is 2.74. The Hall–Kier alpha value is -1.18. The molecule has 0 bridgehead atoms. The van der Waals surface area contributed by atoms with Crippen molar-refractivity contribution in [2.75, 3.05) is 13.1 Å². The van der Waals surface area contributed by atoms with Crippen molar-refractivity contribution in [3.63, 3.8) is 0 Å². The Morgan fingerprint density at radius 3 is 2.07 bits per heavy atom. The van der Waals surface area contributed by atoms with Crippen LogP contribution < -0.4 is 5.32 Å². The minimum atomic E-state index is -5.29. The van der Waals surface area contributed by atoms with Crippen LogP contribution in [0.2, 0.25) is 0 Å². The van der Waals surface area contributed by atoms with E-state index in [1.54, 1.807) is 0 Å². The SMILES string of the molecule is O=C(OC(=O)C1(F)CNC1)C(F)(F)F. The largest absolute Gasteiger partial charge is 0.491 e. The molecule has 8 heteroatoms. The molecule has 0 unspecified atom stereocenters. The summed E-state index contributed by atoms with van der Waals surface area (Å²) in [6, 6.07) is 0. The molecule has 1 aliphatic rings. The molecule has 0 atom stereocenters. The maximum atomic E-state index is 13.0. The molecule has 0 saturated carbocycles. The van der Waals surface area contributed by atoms with Crippen molar-refractivity contribution in [1.29, 1.82) is 0 Å². The number of halogens is 4. The summed E-state index contributed by atoms with van der Waals surface area (Å²) in [5, 5.41) is 2.33. The maximum absolute atomic E-state index is 13.0. The first-order valence-electron chi connectivity index (χ1n) is 3.49. The summed E-state index contributed by atoms with van der Waals surface area (Å²) in [5.74, 6) is -4.51. The number of carbonyl (C=O) groups is 2. The number of carbonyl (C=O) groups excluding carboxylic acids is 2. The van der Waals surface area contributed by atoms with Crippen LogP contribution in [0.15, 0.2) is 0 Å². The molecule has 1 saturated heterocycles. The zero-order valence-electron chi connectivity index (χ0n) is 6.65. The second-order valence-electron chi connectivity index (χ2n) is 2.74. The number of nitrogens with one attached hydrogen (secondary N) is 1. The summed E-state index contributed by atoms with van der Waals surface area (Å²) >= 11 is 0. The lowest BCUT2D eigenvalue weighted by Crippen LogP contribution is -2.62. The van der Waals surface area contributed by atoms with Gasteiger partial charge in [-0.15, -0.1) is 0 Å². The van der Waals surface area contributed by atoms with Crippen molar-refractivity contribution in [1.82, 2.24) is 5.32 Å². The van der Waals surface area contributed by atoms with Crippen LogP contribution in [0.5, 0.6) is 0 Å². The quantitative estimate of drug-likeness (QED) is 0.378. The van der Waals surface area contributed by atoms with E-state index in [9.17, 15) is 27.2 Å². The topological polar surface area (TPSA) is 55.4 Å². The van der Waals surface area contributed by atoms with E-state index in [-0.39, 0.29) is 0 Å². The fourth-order valence-electron chi connectivity index (χ4n) is 0.722. The molecular formula is C6H5F4NO3. The molecule has 0 aromatic carbocycles. The lowest BCUT2D eigenvalue weighted by molar-refractivity contribution is -0.206. The monoisotopic (exact) mass is 215 g/mol. The zero-order valence-corrected chi connectivity index (χ0v) is 6.65. The molecule has 14 heavy (non-hydrogen) atoms. The highest BCUT2D eigenvalue weighted by atomic mass is 19.4. The number of hydrogen-bond acceptors (Lipinski definition) is 4. The highest BCUT2D eigenvalue weighted by Crippen LogP contribution is 2.22. The average Bonchev–Trinajstić information content (AvgIpc) is 1.98. The average molecular weight is 215 g/mol. The number of alkyl halides is 4. The minimum Gasteiger partial charge on any atom is -0.384 e. The van der Waals surface area contributed by atoms with Gasteiger partial charge in [0.25, 0.3) is 0 Å². The highest BCUT2D eigenvalue weighted by Gasteiger charge is 2.51. The van der Waals surface area contributed by atoms with Gasteiger partial charge < -0.3 is 10.1 Å². The van der Waals surface area contributed by atoms with Gasteiger partial charge in [0.15, 0.2) is 0 Å². The number of esters is 2. The van der Waals surface area contributed by atoms with Crippen LogP contribution in [0.1, 0.15) is 0 Å². The molecule has 1 fully saturated rings. The van der Waals surface area contributed by atoms with Gasteiger partial charge in [0.05, 0.1) is 0 Å². The Kier molecular flexibility index (Phi) is 2.49. The van der Waals surface area contributed by atoms with E-state index in [1.165, 1.54) is 0 Å². The maximum Gasteiger partial charge on any atom is 0.491 e. The molecule has 1 rings (SSSR count). The first-order valence-corrected chi connectivity index (χ1v) is 3.49. The third kappa shape index (κ3) is 2.00. The number of rotatable bonds is 1. The molecule has 1 heterocycles. The van der Waals surface area contributed by atoms with Gasteiger partial charge in [0.1, 0.15) is 0 Å². The summed E-state index contributed by atoms with van der Waals surface area (Å²) in [7, 11) is 0. The lowest BCUT2D eigenvalue weighted by Gasteiger charge is -2.31. The lowest BCUT2D eigenvalue weighted by atomic mass is 10.0. The number of hydrogen-bond donors (Lipinski definition) is 1. The van der Waals surface area contributed by atoms with Crippen LogP contribution >= 0.6 is 0 Å². The molecule has 4 nitrogen and oxygen atoms in total. The molecule has 0 aliphatic carbocycles. The fourth-order valence-corrected chi connectivity index (χ4v) is 0.722. The predicted molar refractivity (Wildman–Crippen MR) is 33.9 cm³/mol.